The summed E-state index contributed by atoms with van der Waals surface area (Å²) in [4.78, 5) is 16.2. The van der Waals surface area contributed by atoms with Crippen LogP contribution in [0.5, 0.6) is 0 Å². The first-order chi connectivity index (χ1) is 16.7. The number of nitrogens with zero attached hydrogens (tertiary/aromatic N) is 2. The molecule has 0 aromatic carbocycles. The lowest BCUT2D eigenvalue weighted by Crippen LogP contribution is -2.47. The molecule has 0 amide bonds. The SMILES string of the molecule is C\C=C/C(C(=O)/C(=C/C)C1=CC=C(C#N)C=C(C)C1)=C(C)\C=C(/C)C(CC)CCN(C)C1COC1. The number of nitriles is 1. The Hall–Kier alpha value is -2.74. The van der Waals surface area contributed by atoms with Crippen LogP contribution in [0.15, 0.2) is 81.5 Å². The minimum atomic E-state index is 0.0257. The van der Waals surface area contributed by atoms with Crippen molar-refractivity contribution in [3.05, 3.63) is 81.5 Å². The number of likely N-dealkylation sites (N-methyl/N-ethyl adjacent to an activating group) is 1. The number of allylic oxidation sites excluding steroid dienone is 14. The molecule has 188 valence electrons. The lowest BCUT2D eigenvalue weighted by atomic mass is 9.88. The summed E-state index contributed by atoms with van der Waals surface area (Å²) in [6.07, 6.45) is 16.4. The standard InChI is InChI=1S/C31H42N2O2/c1-8-11-30(31(34)29(10-3)27-13-12-25(19-32)16-22(4)17-27)24(6)18-23(5)26(9-2)14-15-33(7)28-20-35-21-28/h8,10-13,16,18,26,28H,9,14-15,17,20-21H2,1-7H3/b11-8-,23-18+,29-10+,30-24+. The van der Waals surface area contributed by atoms with Gasteiger partial charge in [0, 0.05) is 11.1 Å². The van der Waals surface area contributed by atoms with Crippen LogP contribution >= 0.6 is 0 Å². The minimum Gasteiger partial charge on any atom is -0.378 e. The third kappa shape index (κ3) is 7.88. The summed E-state index contributed by atoms with van der Waals surface area (Å²) in [6, 6.07) is 2.76. The first-order valence-corrected chi connectivity index (χ1v) is 12.7. The van der Waals surface area contributed by atoms with Crippen LogP contribution in [-0.4, -0.2) is 43.5 Å². The fraction of sp³-hybridized carbons (Fsp3) is 0.484. The maximum absolute atomic E-state index is 13.8. The van der Waals surface area contributed by atoms with Gasteiger partial charge in [0.15, 0.2) is 5.78 Å². The van der Waals surface area contributed by atoms with Gasteiger partial charge in [0.1, 0.15) is 0 Å². The quantitative estimate of drug-likeness (QED) is 0.244. The molecule has 0 spiro atoms. The highest BCUT2D eigenvalue weighted by Crippen LogP contribution is 2.28. The number of ether oxygens (including phenoxy) is 1. The molecule has 35 heavy (non-hydrogen) atoms. The number of hydrogen-bond donors (Lipinski definition) is 0. The van der Waals surface area contributed by atoms with Crippen molar-refractivity contribution in [1.82, 2.24) is 4.90 Å². The highest BCUT2D eigenvalue weighted by molar-refractivity contribution is 6.13. The Morgan fingerprint density at radius 1 is 1.29 bits per heavy atom. The van der Waals surface area contributed by atoms with Crippen LogP contribution in [-0.2, 0) is 9.53 Å². The molecule has 0 aromatic rings. The molecule has 0 bridgehead atoms. The smallest absolute Gasteiger partial charge is 0.193 e. The fourth-order valence-corrected chi connectivity index (χ4v) is 4.64. The van der Waals surface area contributed by atoms with E-state index >= 15 is 0 Å². The van der Waals surface area contributed by atoms with Crippen LogP contribution in [0.3, 0.4) is 0 Å². The first kappa shape index (κ1) is 28.5. The molecule has 0 saturated carbocycles. The highest BCUT2D eigenvalue weighted by atomic mass is 16.5. The molecule has 0 radical (unpaired) electrons. The molecule has 1 aliphatic heterocycles. The van der Waals surface area contributed by atoms with E-state index in [-0.39, 0.29) is 5.78 Å². The third-order valence-corrected chi connectivity index (χ3v) is 7.00. The average Bonchev–Trinajstić information content (AvgIpc) is 2.97. The zero-order valence-corrected chi connectivity index (χ0v) is 22.6. The zero-order chi connectivity index (χ0) is 26.0. The molecule has 1 fully saturated rings. The Kier molecular flexibility index (Phi) is 11.4. The van der Waals surface area contributed by atoms with Crippen LogP contribution in [0.1, 0.15) is 60.8 Å². The number of carbonyl (C=O) groups is 1. The molecule has 0 N–H and O–H groups in total. The molecule has 1 atom stereocenters. The minimum absolute atomic E-state index is 0.0257. The topological polar surface area (TPSA) is 53.3 Å². The van der Waals surface area contributed by atoms with Crippen molar-refractivity contribution in [3.63, 3.8) is 0 Å². The first-order valence-electron chi connectivity index (χ1n) is 12.7. The molecule has 1 heterocycles. The van der Waals surface area contributed by atoms with Crippen molar-refractivity contribution in [3.8, 4) is 6.07 Å². The fourth-order valence-electron chi connectivity index (χ4n) is 4.64. The van der Waals surface area contributed by atoms with Gasteiger partial charge in [0.25, 0.3) is 0 Å². The molecular formula is C31H42N2O2. The van der Waals surface area contributed by atoms with Gasteiger partial charge < -0.3 is 4.74 Å². The Labute approximate surface area is 212 Å². The monoisotopic (exact) mass is 474 g/mol. The van der Waals surface area contributed by atoms with Gasteiger partial charge in [-0.05, 0) is 96.7 Å². The van der Waals surface area contributed by atoms with Crippen molar-refractivity contribution in [1.29, 1.82) is 5.26 Å². The second-order valence-corrected chi connectivity index (χ2v) is 9.68. The highest BCUT2D eigenvalue weighted by Gasteiger charge is 2.24. The van der Waals surface area contributed by atoms with E-state index in [4.69, 9.17) is 4.74 Å². The molecule has 4 heteroatoms. The van der Waals surface area contributed by atoms with Gasteiger partial charge in [-0.25, -0.2) is 0 Å². The summed E-state index contributed by atoms with van der Waals surface area (Å²) in [7, 11) is 2.18. The van der Waals surface area contributed by atoms with E-state index in [2.05, 4.69) is 37.9 Å². The van der Waals surface area contributed by atoms with Crippen LogP contribution in [0, 0.1) is 17.2 Å². The van der Waals surface area contributed by atoms with Crippen molar-refractivity contribution in [2.75, 3.05) is 26.8 Å². The Bertz CT molecular complexity index is 1040. The number of ketones is 1. The van der Waals surface area contributed by atoms with E-state index in [9.17, 15) is 10.1 Å². The predicted molar refractivity (Wildman–Crippen MR) is 146 cm³/mol. The van der Waals surface area contributed by atoms with Gasteiger partial charge in [-0.2, -0.15) is 5.26 Å². The molecule has 1 aliphatic carbocycles. The molecule has 1 saturated heterocycles. The average molecular weight is 475 g/mol. The summed E-state index contributed by atoms with van der Waals surface area (Å²) in [5, 5.41) is 9.31. The lowest BCUT2D eigenvalue weighted by Gasteiger charge is -2.35. The number of rotatable bonds is 11. The maximum Gasteiger partial charge on any atom is 0.193 e. The molecule has 4 nitrogen and oxygen atoms in total. The lowest BCUT2D eigenvalue weighted by molar-refractivity contribution is -0.111. The summed E-state index contributed by atoms with van der Waals surface area (Å²) < 4.78 is 5.33. The maximum atomic E-state index is 13.8. The summed E-state index contributed by atoms with van der Waals surface area (Å²) in [6.45, 7) is 15.0. The Morgan fingerprint density at radius 3 is 2.54 bits per heavy atom. The molecule has 2 aliphatic rings. The Balaban J connectivity index is 2.30. The van der Waals surface area contributed by atoms with Crippen LogP contribution in [0.25, 0.3) is 0 Å². The van der Waals surface area contributed by atoms with E-state index in [1.165, 1.54) is 5.57 Å². The van der Waals surface area contributed by atoms with Gasteiger partial charge in [0.05, 0.1) is 30.9 Å². The second-order valence-electron chi connectivity index (χ2n) is 9.68. The van der Waals surface area contributed by atoms with Crippen molar-refractivity contribution < 1.29 is 9.53 Å². The van der Waals surface area contributed by atoms with Gasteiger partial charge in [-0.15, -0.1) is 0 Å². The van der Waals surface area contributed by atoms with Crippen LogP contribution < -0.4 is 0 Å². The van der Waals surface area contributed by atoms with Gasteiger partial charge >= 0.3 is 0 Å². The van der Waals surface area contributed by atoms with E-state index in [1.807, 2.05) is 58.1 Å². The van der Waals surface area contributed by atoms with E-state index in [0.717, 1.165) is 54.9 Å². The summed E-state index contributed by atoms with van der Waals surface area (Å²) in [5.74, 6) is 0.501. The van der Waals surface area contributed by atoms with E-state index < -0.39 is 0 Å². The largest absolute Gasteiger partial charge is 0.378 e. The predicted octanol–water partition coefficient (Wildman–Crippen LogP) is 6.81. The van der Waals surface area contributed by atoms with Gasteiger partial charge in [-0.1, -0.05) is 48.5 Å². The van der Waals surface area contributed by atoms with Crippen LogP contribution in [0.2, 0.25) is 0 Å². The van der Waals surface area contributed by atoms with Crippen LogP contribution in [0.4, 0.5) is 0 Å². The number of carbonyl (C=O) groups excluding carboxylic acids is 1. The second kappa shape index (κ2) is 14.0. The molecule has 1 unspecified atom stereocenters. The van der Waals surface area contributed by atoms with Crippen molar-refractivity contribution in [2.24, 2.45) is 5.92 Å². The number of hydrogen-bond acceptors (Lipinski definition) is 4. The normalized spacial score (nSPS) is 19.3. The van der Waals surface area contributed by atoms with E-state index in [1.54, 1.807) is 6.08 Å². The Morgan fingerprint density at radius 2 is 2.00 bits per heavy atom. The summed E-state index contributed by atoms with van der Waals surface area (Å²) >= 11 is 0. The van der Waals surface area contributed by atoms with Gasteiger partial charge in [-0.3, -0.25) is 9.69 Å². The summed E-state index contributed by atoms with van der Waals surface area (Å²) in [5.41, 5.74) is 6.34. The van der Waals surface area contributed by atoms with E-state index in [0.29, 0.717) is 29.5 Å². The van der Waals surface area contributed by atoms with Gasteiger partial charge in [0.2, 0.25) is 0 Å². The zero-order valence-electron chi connectivity index (χ0n) is 22.6. The third-order valence-electron chi connectivity index (χ3n) is 7.00. The molecule has 0 aromatic heterocycles. The van der Waals surface area contributed by atoms with Crippen molar-refractivity contribution in [2.45, 2.75) is 66.8 Å². The van der Waals surface area contributed by atoms with Crippen molar-refractivity contribution >= 4 is 5.78 Å². The molecule has 2 rings (SSSR count). The number of Topliss-reactive ketones (excluding diaryl/α,β-unsaturated/α-hetero) is 1. The molecular weight excluding hydrogens is 432 g/mol.